The zero-order valence-electron chi connectivity index (χ0n) is 16.0. The molecule has 0 spiro atoms. The predicted molar refractivity (Wildman–Crippen MR) is 105 cm³/mol. The Morgan fingerprint density at radius 1 is 1.24 bits per heavy atom. The Bertz CT molecular complexity index is 1080. The minimum atomic E-state index is -0.931. The van der Waals surface area contributed by atoms with E-state index >= 15 is 0 Å². The highest BCUT2D eigenvalue weighted by molar-refractivity contribution is 6.06. The maximum atomic E-state index is 13.9. The molecule has 0 saturated carbocycles. The van der Waals surface area contributed by atoms with Crippen LogP contribution in [0.2, 0.25) is 0 Å². The van der Waals surface area contributed by atoms with E-state index in [0.717, 1.165) is 48.5 Å². The smallest absolute Gasteiger partial charge is 0.261 e. The van der Waals surface area contributed by atoms with Gasteiger partial charge in [-0.25, -0.2) is 13.8 Å². The molecular formula is C20H20F2N6O. The second-order valence-corrected chi connectivity index (χ2v) is 7.12. The lowest BCUT2D eigenvalue weighted by Crippen LogP contribution is -2.16. The molecule has 9 heteroatoms. The highest BCUT2D eigenvalue weighted by Gasteiger charge is 2.23. The number of anilines is 1. The maximum absolute atomic E-state index is 13.9. The summed E-state index contributed by atoms with van der Waals surface area (Å²) >= 11 is 0. The van der Waals surface area contributed by atoms with E-state index < -0.39 is 23.1 Å². The maximum Gasteiger partial charge on any atom is 0.261 e. The minimum absolute atomic E-state index is 0.280. The van der Waals surface area contributed by atoms with Crippen LogP contribution in [0.1, 0.15) is 28.2 Å². The Balaban J connectivity index is 1.63. The summed E-state index contributed by atoms with van der Waals surface area (Å²) in [7, 11) is 3.98. The lowest BCUT2D eigenvalue weighted by molar-refractivity contribution is 0.101. The number of benzene rings is 1. The molecule has 4 rings (SSSR count). The standard InChI is InChI=1S/C20H20F2N6O/c1-28(2)10-11-5-3-8-14-17(11)26-19(24-14)18-15(9-23-27-18)25-20(29)16-12(21)6-4-7-13(16)22/h4-7,9H,3,8,10H2,1-2H3,(H,23,27)(H,24,26)(H,25,29). The number of aryl methyl sites for hydroxylation is 1. The molecule has 7 nitrogen and oxygen atoms in total. The van der Waals surface area contributed by atoms with Crippen LogP contribution in [-0.4, -0.2) is 51.6 Å². The van der Waals surface area contributed by atoms with Crippen molar-refractivity contribution in [3.05, 3.63) is 59.1 Å². The first-order chi connectivity index (χ1) is 13.9. The largest absolute Gasteiger partial charge is 0.340 e. The van der Waals surface area contributed by atoms with E-state index in [1.165, 1.54) is 12.3 Å². The fourth-order valence-corrected chi connectivity index (χ4v) is 3.40. The molecular weight excluding hydrogens is 378 g/mol. The van der Waals surface area contributed by atoms with Gasteiger partial charge in [0, 0.05) is 18.4 Å². The van der Waals surface area contributed by atoms with Crippen LogP contribution in [0.3, 0.4) is 0 Å². The number of likely N-dealkylation sites (N-methyl/N-ethyl adjacent to an activating group) is 1. The number of fused-ring (bicyclic) bond motifs is 1. The third-order valence-electron chi connectivity index (χ3n) is 4.66. The monoisotopic (exact) mass is 398 g/mol. The minimum Gasteiger partial charge on any atom is -0.340 e. The molecule has 0 bridgehead atoms. The Labute approximate surface area is 165 Å². The predicted octanol–water partition coefficient (Wildman–Crippen LogP) is 3.22. The summed E-state index contributed by atoms with van der Waals surface area (Å²) in [5.74, 6) is -2.28. The number of allylic oxidation sites excluding steroid dienone is 1. The van der Waals surface area contributed by atoms with E-state index in [2.05, 4.69) is 36.5 Å². The molecule has 3 N–H and O–H groups in total. The van der Waals surface area contributed by atoms with Gasteiger partial charge in [0.05, 0.1) is 11.4 Å². The SMILES string of the molecule is CN(C)CC1=CCCc2[nH]c(-c3n[nH]cc3NC(=O)c3c(F)cccc3F)nc21. The second-order valence-electron chi connectivity index (χ2n) is 7.12. The molecule has 0 saturated heterocycles. The number of H-pyrrole nitrogens is 2. The van der Waals surface area contributed by atoms with Crippen molar-refractivity contribution in [1.82, 2.24) is 25.1 Å². The van der Waals surface area contributed by atoms with Gasteiger partial charge in [0.1, 0.15) is 17.2 Å². The summed E-state index contributed by atoms with van der Waals surface area (Å²) in [5.41, 5.74) is 3.00. The quantitative estimate of drug-likeness (QED) is 0.616. The Kier molecular flexibility index (Phi) is 4.98. The average molecular weight is 398 g/mol. The van der Waals surface area contributed by atoms with Gasteiger partial charge in [-0.1, -0.05) is 12.1 Å². The molecule has 150 valence electrons. The van der Waals surface area contributed by atoms with E-state index in [0.29, 0.717) is 11.5 Å². The normalized spacial score (nSPS) is 13.3. The number of carbonyl (C=O) groups is 1. The number of halogens is 2. The first-order valence-corrected chi connectivity index (χ1v) is 9.16. The molecule has 3 aromatic rings. The van der Waals surface area contributed by atoms with E-state index in [1.54, 1.807) is 0 Å². The van der Waals surface area contributed by atoms with Crippen molar-refractivity contribution in [1.29, 1.82) is 0 Å². The third kappa shape index (κ3) is 3.68. The summed E-state index contributed by atoms with van der Waals surface area (Å²) in [5, 5.41) is 9.34. The number of nitrogens with one attached hydrogen (secondary N) is 3. The van der Waals surface area contributed by atoms with Gasteiger partial charge in [0.2, 0.25) is 0 Å². The van der Waals surface area contributed by atoms with Crippen LogP contribution in [0.15, 0.2) is 30.5 Å². The molecule has 0 radical (unpaired) electrons. The lowest BCUT2D eigenvalue weighted by Gasteiger charge is -2.16. The van der Waals surface area contributed by atoms with Gasteiger partial charge in [-0.3, -0.25) is 9.89 Å². The van der Waals surface area contributed by atoms with Crippen molar-refractivity contribution < 1.29 is 13.6 Å². The summed E-state index contributed by atoms with van der Waals surface area (Å²) in [6.07, 6.45) is 5.35. The van der Waals surface area contributed by atoms with Crippen molar-refractivity contribution in [2.24, 2.45) is 0 Å². The molecule has 1 aliphatic carbocycles. The van der Waals surface area contributed by atoms with E-state index in [1.807, 2.05) is 14.1 Å². The molecule has 0 unspecified atom stereocenters. The first-order valence-electron chi connectivity index (χ1n) is 9.16. The average Bonchev–Trinajstić information content (AvgIpc) is 3.28. The van der Waals surface area contributed by atoms with Crippen LogP contribution < -0.4 is 5.32 Å². The molecule has 1 amide bonds. The van der Waals surface area contributed by atoms with Crippen molar-refractivity contribution in [2.45, 2.75) is 12.8 Å². The van der Waals surface area contributed by atoms with E-state index in [4.69, 9.17) is 0 Å². The molecule has 0 fully saturated rings. The fraction of sp³-hybridized carbons (Fsp3) is 0.250. The summed E-state index contributed by atoms with van der Waals surface area (Å²) in [4.78, 5) is 22.4. The van der Waals surface area contributed by atoms with Crippen molar-refractivity contribution >= 4 is 17.2 Å². The van der Waals surface area contributed by atoms with Gasteiger partial charge in [-0.15, -0.1) is 0 Å². The zero-order chi connectivity index (χ0) is 20.5. The number of hydrogen-bond acceptors (Lipinski definition) is 4. The second kappa shape index (κ2) is 7.59. The van der Waals surface area contributed by atoms with Crippen LogP contribution in [0.5, 0.6) is 0 Å². The Hall–Kier alpha value is -3.33. The molecule has 29 heavy (non-hydrogen) atoms. The molecule has 2 aromatic heterocycles. The summed E-state index contributed by atoms with van der Waals surface area (Å²) in [6, 6.07) is 3.28. The van der Waals surface area contributed by atoms with Gasteiger partial charge >= 0.3 is 0 Å². The van der Waals surface area contributed by atoms with Gasteiger partial charge in [0.15, 0.2) is 11.5 Å². The van der Waals surface area contributed by atoms with Crippen molar-refractivity contribution in [2.75, 3.05) is 26.0 Å². The molecule has 0 atom stereocenters. The highest BCUT2D eigenvalue weighted by Crippen LogP contribution is 2.30. The summed E-state index contributed by atoms with van der Waals surface area (Å²) < 4.78 is 27.8. The number of aromatic nitrogens is 4. The summed E-state index contributed by atoms with van der Waals surface area (Å²) in [6.45, 7) is 0.758. The molecule has 1 aliphatic rings. The van der Waals surface area contributed by atoms with E-state index in [-0.39, 0.29) is 5.69 Å². The Morgan fingerprint density at radius 2 is 2.00 bits per heavy atom. The van der Waals surface area contributed by atoms with Crippen molar-refractivity contribution in [3.8, 4) is 11.5 Å². The van der Waals surface area contributed by atoms with E-state index in [9.17, 15) is 13.6 Å². The first kappa shape index (κ1) is 19.0. The van der Waals surface area contributed by atoms with Gasteiger partial charge in [-0.2, -0.15) is 5.10 Å². The fourth-order valence-electron chi connectivity index (χ4n) is 3.40. The molecule has 1 aromatic carbocycles. The lowest BCUT2D eigenvalue weighted by atomic mass is 10.0. The number of hydrogen-bond donors (Lipinski definition) is 3. The number of nitrogens with zero attached hydrogens (tertiary/aromatic N) is 3. The van der Waals surface area contributed by atoms with Gasteiger partial charge in [-0.05, 0) is 44.6 Å². The van der Waals surface area contributed by atoms with Crippen LogP contribution >= 0.6 is 0 Å². The zero-order valence-corrected chi connectivity index (χ0v) is 16.0. The van der Waals surface area contributed by atoms with Crippen LogP contribution in [-0.2, 0) is 6.42 Å². The number of aromatic amines is 2. The van der Waals surface area contributed by atoms with Crippen LogP contribution in [0, 0.1) is 11.6 Å². The number of rotatable bonds is 5. The van der Waals surface area contributed by atoms with Crippen LogP contribution in [0.4, 0.5) is 14.5 Å². The number of amides is 1. The van der Waals surface area contributed by atoms with Gasteiger partial charge < -0.3 is 15.2 Å². The van der Waals surface area contributed by atoms with Gasteiger partial charge in [0.25, 0.3) is 5.91 Å². The molecule has 0 aliphatic heterocycles. The highest BCUT2D eigenvalue weighted by atomic mass is 19.1. The topological polar surface area (TPSA) is 89.7 Å². The number of imidazole rings is 1. The molecule has 2 heterocycles. The van der Waals surface area contributed by atoms with Crippen molar-refractivity contribution in [3.63, 3.8) is 0 Å². The number of carbonyl (C=O) groups excluding carboxylic acids is 1. The van der Waals surface area contributed by atoms with Crippen LogP contribution in [0.25, 0.3) is 17.1 Å². The Morgan fingerprint density at radius 3 is 2.72 bits per heavy atom. The third-order valence-corrected chi connectivity index (χ3v) is 4.66.